The molecule has 0 aliphatic carbocycles. The highest BCUT2D eigenvalue weighted by Gasteiger charge is 2.62. The number of rotatable bonds is 5. The van der Waals surface area contributed by atoms with Gasteiger partial charge < -0.3 is 24.2 Å². The van der Waals surface area contributed by atoms with E-state index in [1.807, 2.05) is 0 Å². The van der Waals surface area contributed by atoms with Crippen molar-refractivity contribution < 1.29 is 33.7 Å². The quantitative estimate of drug-likeness (QED) is 0.606. The third kappa shape index (κ3) is 3.56. The fourth-order valence-corrected chi connectivity index (χ4v) is 3.77. The molecule has 2 saturated heterocycles. The predicted molar refractivity (Wildman–Crippen MR) is 97.5 cm³/mol. The highest BCUT2D eigenvalue weighted by molar-refractivity contribution is 6.06. The van der Waals surface area contributed by atoms with E-state index in [-0.39, 0.29) is 13.0 Å². The van der Waals surface area contributed by atoms with Crippen LogP contribution < -0.4 is 4.74 Å². The van der Waals surface area contributed by atoms with Gasteiger partial charge in [-0.05, 0) is 39.3 Å². The molecule has 0 spiro atoms. The molecule has 28 heavy (non-hydrogen) atoms. The maximum Gasteiger partial charge on any atom is 0.319 e. The molecule has 8 nitrogen and oxygen atoms in total. The number of carbonyl (C=O) groups excluding carboxylic acids is 2. The molecule has 2 heterocycles. The summed E-state index contributed by atoms with van der Waals surface area (Å²) in [5.74, 6) is -1.97. The zero-order valence-corrected chi connectivity index (χ0v) is 16.4. The molecule has 8 heteroatoms. The van der Waals surface area contributed by atoms with Crippen molar-refractivity contribution in [3.63, 3.8) is 0 Å². The fraction of sp³-hybridized carbons (Fsp3) is 0.550. The number of fused-ring (bicyclic) bond motifs is 1. The Morgan fingerprint density at radius 1 is 1.29 bits per heavy atom. The van der Waals surface area contributed by atoms with Crippen LogP contribution in [0.2, 0.25) is 0 Å². The van der Waals surface area contributed by atoms with E-state index in [9.17, 15) is 19.5 Å². The molecular weight excluding hydrogens is 366 g/mol. The average Bonchev–Trinajstić information content (AvgIpc) is 3.12. The number of amides is 1. The van der Waals surface area contributed by atoms with E-state index in [4.69, 9.17) is 14.2 Å². The Kier molecular flexibility index (Phi) is 5.10. The Morgan fingerprint density at radius 3 is 2.46 bits per heavy atom. The molecule has 1 aromatic carbocycles. The second-order valence-corrected chi connectivity index (χ2v) is 8.18. The van der Waals surface area contributed by atoms with Crippen molar-refractivity contribution in [3.8, 4) is 5.75 Å². The molecule has 0 saturated carbocycles. The van der Waals surface area contributed by atoms with Gasteiger partial charge >= 0.3 is 11.9 Å². The van der Waals surface area contributed by atoms with E-state index in [0.717, 1.165) is 5.56 Å². The topological polar surface area (TPSA) is 102 Å². The third-order valence-corrected chi connectivity index (χ3v) is 5.00. The van der Waals surface area contributed by atoms with E-state index in [1.54, 1.807) is 52.1 Å². The Hall–Kier alpha value is -2.61. The highest BCUT2D eigenvalue weighted by Crippen LogP contribution is 2.47. The van der Waals surface area contributed by atoms with Gasteiger partial charge in [0.25, 0.3) is 0 Å². The van der Waals surface area contributed by atoms with Crippen molar-refractivity contribution >= 4 is 17.8 Å². The van der Waals surface area contributed by atoms with E-state index >= 15 is 0 Å². The van der Waals surface area contributed by atoms with Crippen LogP contribution in [0.5, 0.6) is 5.75 Å². The van der Waals surface area contributed by atoms with Gasteiger partial charge in [-0.2, -0.15) is 0 Å². The van der Waals surface area contributed by atoms with Crippen LogP contribution in [-0.2, 0) is 23.9 Å². The van der Waals surface area contributed by atoms with Crippen LogP contribution in [0, 0.1) is 5.41 Å². The first-order valence-electron chi connectivity index (χ1n) is 9.11. The molecule has 1 amide bonds. The van der Waals surface area contributed by atoms with Crippen LogP contribution in [-0.4, -0.2) is 53.2 Å². The van der Waals surface area contributed by atoms with Gasteiger partial charge in [0.2, 0.25) is 5.91 Å². The SMILES string of the molecule is COc1ccc([C@H]2OC[C@@H]3CC(CC(=O)OC(C)(C)C)(C(=O)O)C(=O)N32)cc1. The molecule has 3 rings (SSSR count). The first kappa shape index (κ1) is 20.1. The molecule has 3 atom stereocenters. The van der Waals surface area contributed by atoms with Crippen LogP contribution in [0.4, 0.5) is 0 Å². The predicted octanol–water partition coefficient (Wildman–Crippen LogP) is 2.13. The summed E-state index contributed by atoms with van der Waals surface area (Å²) >= 11 is 0. The lowest BCUT2D eigenvalue weighted by Crippen LogP contribution is -2.44. The average molecular weight is 391 g/mol. The summed E-state index contributed by atoms with van der Waals surface area (Å²) in [7, 11) is 1.55. The van der Waals surface area contributed by atoms with E-state index in [2.05, 4.69) is 0 Å². The maximum absolute atomic E-state index is 13.2. The van der Waals surface area contributed by atoms with Crippen molar-refractivity contribution in [1.82, 2.24) is 4.90 Å². The van der Waals surface area contributed by atoms with Crippen molar-refractivity contribution in [2.75, 3.05) is 13.7 Å². The highest BCUT2D eigenvalue weighted by atomic mass is 16.6. The smallest absolute Gasteiger partial charge is 0.319 e. The van der Waals surface area contributed by atoms with Gasteiger partial charge in [-0.3, -0.25) is 14.4 Å². The van der Waals surface area contributed by atoms with Gasteiger partial charge in [-0.25, -0.2) is 0 Å². The standard InChI is InChI=1S/C20H25NO7/c1-19(2,3)28-15(22)10-20(18(24)25)9-13-11-27-16(21(13)17(20)23)12-5-7-14(26-4)8-6-12/h5-8,13,16H,9-11H2,1-4H3,(H,24,25)/t13-,16+,20?/m0/s1. The zero-order chi connectivity index (χ0) is 20.7. The largest absolute Gasteiger partial charge is 0.497 e. The molecule has 2 fully saturated rings. The lowest BCUT2D eigenvalue weighted by atomic mass is 9.81. The second-order valence-electron chi connectivity index (χ2n) is 8.18. The summed E-state index contributed by atoms with van der Waals surface area (Å²) in [4.78, 5) is 39.0. The molecule has 2 aliphatic rings. The molecular formula is C20H25NO7. The van der Waals surface area contributed by atoms with Gasteiger partial charge in [0.15, 0.2) is 11.6 Å². The number of hydrogen-bond acceptors (Lipinski definition) is 6. The fourth-order valence-electron chi connectivity index (χ4n) is 3.77. The van der Waals surface area contributed by atoms with E-state index in [1.165, 1.54) is 4.90 Å². The molecule has 0 bridgehead atoms. The summed E-state index contributed by atoms with van der Waals surface area (Å²) in [6.07, 6.45) is -1.18. The number of esters is 1. The van der Waals surface area contributed by atoms with Crippen molar-refractivity contribution in [1.29, 1.82) is 0 Å². The number of methoxy groups -OCH3 is 1. The number of ether oxygens (including phenoxy) is 3. The molecule has 1 unspecified atom stereocenters. The summed E-state index contributed by atoms with van der Waals surface area (Å²) in [5.41, 5.74) is -1.87. The number of hydrogen-bond donors (Lipinski definition) is 1. The van der Waals surface area contributed by atoms with Gasteiger partial charge in [-0.1, -0.05) is 12.1 Å². The second kappa shape index (κ2) is 7.09. The van der Waals surface area contributed by atoms with Crippen LogP contribution in [0.1, 0.15) is 45.4 Å². The first-order chi connectivity index (χ1) is 13.1. The minimum absolute atomic E-state index is 0.00701. The Balaban J connectivity index is 1.85. The van der Waals surface area contributed by atoms with Crippen molar-refractivity contribution in [3.05, 3.63) is 29.8 Å². The molecule has 1 aromatic rings. The summed E-state index contributed by atoms with van der Waals surface area (Å²) in [6, 6.07) is 6.63. The maximum atomic E-state index is 13.2. The van der Waals surface area contributed by atoms with E-state index < -0.39 is 47.6 Å². The Bertz CT molecular complexity index is 783. The van der Waals surface area contributed by atoms with Crippen LogP contribution in [0.3, 0.4) is 0 Å². The summed E-state index contributed by atoms with van der Waals surface area (Å²) < 4.78 is 16.2. The number of benzene rings is 1. The lowest BCUT2D eigenvalue weighted by molar-refractivity contribution is -0.170. The normalized spacial score (nSPS) is 26.9. The van der Waals surface area contributed by atoms with Gasteiger partial charge in [0.05, 0.1) is 26.2 Å². The number of carbonyl (C=O) groups is 3. The number of carboxylic acid groups (broad SMARTS) is 1. The van der Waals surface area contributed by atoms with E-state index in [0.29, 0.717) is 5.75 Å². The number of carboxylic acids is 1. The Labute approximate surface area is 163 Å². The Morgan fingerprint density at radius 2 is 1.93 bits per heavy atom. The van der Waals surface area contributed by atoms with Crippen LogP contribution >= 0.6 is 0 Å². The summed E-state index contributed by atoms with van der Waals surface area (Å²) in [5, 5.41) is 9.85. The lowest BCUT2D eigenvalue weighted by Gasteiger charge is -2.27. The molecule has 2 aliphatic heterocycles. The monoisotopic (exact) mass is 391 g/mol. The minimum Gasteiger partial charge on any atom is -0.497 e. The minimum atomic E-state index is -1.83. The van der Waals surface area contributed by atoms with Crippen LogP contribution in [0.25, 0.3) is 0 Å². The number of aliphatic carboxylic acids is 1. The summed E-state index contributed by atoms with van der Waals surface area (Å²) in [6.45, 7) is 5.30. The van der Waals surface area contributed by atoms with Crippen molar-refractivity contribution in [2.24, 2.45) is 5.41 Å². The molecule has 0 aromatic heterocycles. The molecule has 0 radical (unpaired) electrons. The van der Waals surface area contributed by atoms with Crippen LogP contribution in [0.15, 0.2) is 24.3 Å². The number of nitrogens with zero attached hydrogens (tertiary/aromatic N) is 1. The third-order valence-electron chi connectivity index (χ3n) is 5.00. The molecule has 1 N–H and O–H groups in total. The van der Waals surface area contributed by atoms with Crippen molar-refractivity contribution in [2.45, 2.75) is 51.5 Å². The van der Waals surface area contributed by atoms with Gasteiger partial charge in [0, 0.05) is 5.56 Å². The first-order valence-corrected chi connectivity index (χ1v) is 9.11. The zero-order valence-electron chi connectivity index (χ0n) is 16.4. The van der Waals surface area contributed by atoms with Gasteiger partial charge in [-0.15, -0.1) is 0 Å². The molecule has 152 valence electrons. The van der Waals surface area contributed by atoms with Gasteiger partial charge in [0.1, 0.15) is 11.4 Å².